The van der Waals surface area contributed by atoms with E-state index in [-0.39, 0.29) is 17.9 Å². The first-order chi connectivity index (χ1) is 6.99. The number of rotatable bonds is 3. The molecule has 3 N–H and O–H groups in total. The average Bonchev–Trinajstić information content (AvgIpc) is 2.48. The zero-order valence-corrected chi connectivity index (χ0v) is 9.61. The molecule has 84 valence electrons. The van der Waals surface area contributed by atoms with E-state index in [1.807, 2.05) is 13.8 Å². The van der Waals surface area contributed by atoms with Crippen molar-refractivity contribution < 1.29 is 4.79 Å². The van der Waals surface area contributed by atoms with Crippen molar-refractivity contribution in [3.63, 3.8) is 0 Å². The Kier molecular flexibility index (Phi) is 3.47. The number of anilines is 1. The zero-order valence-electron chi connectivity index (χ0n) is 9.61. The van der Waals surface area contributed by atoms with E-state index in [1.165, 1.54) is 10.9 Å². The number of carbonyl (C=O) groups is 1. The predicted octanol–water partition coefficient (Wildman–Crippen LogP) is 0.658. The number of aromatic nitrogens is 2. The van der Waals surface area contributed by atoms with Gasteiger partial charge in [-0.2, -0.15) is 5.10 Å². The van der Waals surface area contributed by atoms with Gasteiger partial charge in [0.15, 0.2) is 0 Å². The molecule has 5 nitrogen and oxygen atoms in total. The maximum absolute atomic E-state index is 12.0. The van der Waals surface area contributed by atoms with Crippen molar-refractivity contribution in [2.75, 3.05) is 12.8 Å². The first kappa shape index (κ1) is 11.7. The lowest BCUT2D eigenvalue weighted by molar-refractivity contribution is 0.0818. The summed E-state index contributed by atoms with van der Waals surface area (Å²) in [5.74, 6) is 0.147. The molecular weight excluding hydrogens is 192 g/mol. The van der Waals surface area contributed by atoms with Crippen LogP contribution in [0.25, 0.3) is 0 Å². The third-order valence-electron chi connectivity index (χ3n) is 2.50. The fourth-order valence-corrected chi connectivity index (χ4v) is 1.52. The molecule has 0 fully saturated rings. The molecule has 0 radical (unpaired) electrons. The van der Waals surface area contributed by atoms with E-state index in [1.54, 1.807) is 14.0 Å². The van der Waals surface area contributed by atoms with Crippen molar-refractivity contribution in [1.82, 2.24) is 15.1 Å². The minimum absolute atomic E-state index is 0.0679. The molecular formula is C10H18N4O. The summed E-state index contributed by atoms with van der Waals surface area (Å²) in [7, 11) is 1.77. The summed E-state index contributed by atoms with van der Waals surface area (Å²) >= 11 is 0. The maximum atomic E-state index is 12.0. The molecule has 0 aromatic carbocycles. The highest BCUT2D eigenvalue weighted by atomic mass is 16.2. The third-order valence-corrected chi connectivity index (χ3v) is 2.50. The summed E-state index contributed by atoms with van der Waals surface area (Å²) in [6.07, 6.45) is 1.50. The van der Waals surface area contributed by atoms with Gasteiger partial charge < -0.3 is 11.1 Å². The smallest absolute Gasteiger partial charge is 0.264 e. The van der Waals surface area contributed by atoms with Gasteiger partial charge in [0.1, 0.15) is 0 Å². The molecule has 0 spiro atoms. The molecule has 1 atom stereocenters. The fourth-order valence-electron chi connectivity index (χ4n) is 1.52. The molecule has 1 aromatic heterocycles. The zero-order chi connectivity index (χ0) is 11.6. The number of nitrogens with one attached hydrogen (secondary N) is 1. The van der Waals surface area contributed by atoms with Crippen molar-refractivity contribution in [2.24, 2.45) is 5.92 Å². The van der Waals surface area contributed by atoms with E-state index in [4.69, 9.17) is 5.73 Å². The van der Waals surface area contributed by atoms with Crippen molar-refractivity contribution in [2.45, 2.75) is 26.8 Å². The SMILES string of the molecule is CNC(C(=O)n1ncc(N)c1C)C(C)C. The van der Waals surface area contributed by atoms with Crippen molar-refractivity contribution in [3.8, 4) is 0 Å². The van der Waals surface area contributed by atoms with Gasteiger partial charge in [-0.15, -0.1) is 0 Å². The van der Waals surface area contributed by atoms with Gasteiger partial charge in [0.25, 0.3) is 5.91 Å². The summed E-state index contributed by atoms with van der Waals surface area (Å²) in [5, 5.41) is 6.95. The van der Waals surface area contributed by atoms with Crippen LogP contribution in [0.2, 0.25) is 0 Å². The lowest BCUT2D eigenvalue weighted by atomic mass is 10.0. The van der Waals surface area contributed by atoms with Crippen LogP contribution < -0.4 is 11.1 Å². The highest BCUT2D eigenvalue weighted by molar-refractivity contribution is 5.85. The van der Waals surface area contributed by atoms with Gasteiger partial charge in [-0.3, -0.25) is 4.79 Å². The molecule has 0 bridgehead atoms. The van der Waals surface area contributed by atoms with Crippen LogP contribution in [0, 0.1) is 12.8 Å². The average molecular weight is 210 g/mol. The molecule has 1 heterocycles. The number of hydrogen-bond acceptors (Lipinski definition) is 4. The highest BCUT2D eigenvalue weighted by Gasteiger charge is 2.23. The Balaban J connectivity index is 2.98. The van der Waals surface area contributed by atoms with Gasteiger partial charge in [0.05, 0.1) is 23.6 Å². The minimum atomic E-state index is -0.233. The van der Waals surface area contributed by atoms with Crippen molar-refractivity contribution >= 4 is 11.6 Å². The second-order valence-electron chi connectivity index (χ2n) is 3.95. The summed E-state index contributed by atoms with van der Waals surface area (Å²) in [6.45, 7) is 5.76. The summed E-state index contributed by atoms with van der Waals surface area (Å²) in [4.78, 5) is 12.0. The second-order valence-corrected chi connectivity index (χ2v) is 3.95. The molecule has 0 aliphatic rings. The Hall–Kier alpha value is -1.36. The Bertz CT molecular complexity index is 356. The Morgan fingerprint density at radius 1 is 1.60 bits per heavy atom. The normalized spacial score (nSPS) is 13.1. The van der Waals surface area contributed by atoms with E-state index in [2.05, 4.69) is 10.4 Å². The predicted molar refractivity (Wildman–Crippen MR) is 59.7 cm³/mol. The van der Waals surface area contributed by atoms with Gasteiger partial charge in [-0.1, -0.05) is 13.8 Å². The molecule has 0 aliphatic carbocycles. The quantitative estimate of drug-likeness (QED) is 0.768. The molecule has 5 heteroatoms. The molecule has 0 aliphatic heterocycles. The van der Waals surface area contributed by atoms with Gasteiger partial charge in [-0.25, -0.2) is 4.68 Å². The molecule has 0 saturated heterocycles. The standard InChI is InChI=1S/C10H18N4O/c1-6(2)9(12-4)10(15)14-7(3)8(11)5-13-14/h5-6,9,12H,11H2,1-4H3. The van der Waals surface area contributed by atoms with E-state index in [9.17, 15) is 4.79 Å². The number of carbonyl (C=O) groups excluding carboxylic acids is 1. The van der Waals surface area contributed by atoms with Crippen LogP contribution in [0.4, 0.5) is 5.69 Å². The van der Waals surface area contributed by atoms with Crippen LogP contribution in [0.15, 0.2) is 6.20 Å². The fraction of sp³-hybridized carbons (Fsp3) is 0.600. The van der Waals surface area contributed by atoms with Gasteiger partial charge >= 0.3 is 0 Å². The molecule has 1 rings (SSSR count). The van der Waals surface area contributed by atoms with E-state index in [0.29, 0.717) is 11.4 Å². The van der Waals surface area contributed by atoms with Crippen molar-refractivity contribution in [3.05, 3.63) is 11.9 Å². The first-order valence-corrected chi connectivity index (χ1v) is 5.00. The largest absolute Gasteiger partial charge is 0.396 e. The Morgan fingerprint density at radius 3 is 2.53 bits per heavy atom. The minimum Gasteiger partial charge on any atom is -0.396 e. The van der Waals surface area contributed by atoms with Crippen LogP contribution in [-0.2, 0) is 0 Å². The highest BCUT2D eigenvalue weighted by Crippen LogP contribution is 2.11. The summed E-state index contributed by atoms with van der Waals surface area (Å²) < 4.78 is 1.36. The van der Waals surface area contributed by atoms with Crippen LogP contribution >= 0.6 is 0 Å². The van der Waals surface area contributed by atoms with Crippen LogP contribution in [0.3, 0.4) is 0 Å². The molecule has 1 unspecified atom stereocenters. The number of nitrogens with two attached hydrogens (primary N) is 1. The van der Waals surface area contributed by atoms with E-state index in [0.717, 1.165) is 0 Å². The number of nitrogens with zero attached hydrogens (tertiary/aromatic N) is 2. The van der Waals surface area contributed by atoms with Gasteiger partial charge in [-0.05, 0) is 19.9 Å². The lowest BCUT2D eigenvalue weighted by Gasteiger charge is -2.18. The number of nitrogen functional groups attached to an aromatic ring is 1. The summed E-state index contributed by atoms with van der Waals surface area (Å²) in [5.41, 5.74) is 6.88. The third kappa shape index (κ3) is 2.18. The van der Waals surface area contributed by atoms with E-state index >= 15 is 0 Å². The molecule has 0 amide bonds. The van der Waals surface area contributed by atoms with E-state index < -0.39 is 0 Å². The first-order valence-electron chi connectivity index (χ1n) is 5.00. The van der Waals surface area contributed by atoms with Crippen molar-refractivity contribution in [1.29, 1.82) is 0 Å². The number of likely N-dealkylation sites (N-methyl/N-ethyl adjacent to an activating group) is 1. The topological polar surface area (TPSA) is 72.9 Å². The Labute approximate surface area is 89.6 Å². The summed E-state index contributed by atoms with van der Waals surface area (Å²) in [6, 6.07) is -0.233. The lowest BCUT2D eigenvalue weighted by Crippen LogP contribution is -2.42. The Morgan fingerprint density at radius 2 is 2.20 bits per heavy atom. The van der Waals surface area contributed by atoms with Crippen LogP contribution in [0.5, 0.6) is 0 Å². The maximum Gasteiger partial charge on any atom is 0.264 e. The van der Waals surface area contributed by atoms with Crippen LogP contribution in [-0.4, -0.2) is 28.8 Å². The monoisotopic (exact) mass is 210 g/mol. The number of hydrogen-bond donors (Lipinski definition) is 2. The molecule has 1 aromatic rings. The molecule has 15 heavy (non-hydrogen) atoms. The van der Waals surface area contributed by atoms with Gasteiger partial charge in [0, 0.05) is 0 Å². The second kappa shape index (κ2) is 4.44. The molecule has 0 saturated carbocycles. The van der Waals surface area contributed by atoms with Crippen LogP contribution in [0.1, 0.15) is 24.3 Å². The van der Waals surface area contributed by atoms with Gasteiger partial charge in [0.2, 0.25) is 0 Å².